The van der Waals surface area contributed by atoms with Gasteiger partial charge in [0.1, 0.15) is 5.82 Å². The van der Waals surface area contributed by atoms with Gasteiger partial charge in [0.15, 0.2) is 5.11 Å². The topological polar surface area (TPSA) is 27.3 Å². The van der Waals surface area contributed by atoms with E-state index in [-0.39, 0.29) is 11.9 Å². The Morgan fingerprint density at radius 3 is 2.44 bits per heavy atom. The smallest absolute Gasteiger partial charge is 0.170 e. The minimum absolute atomic E-state index is 0.240. The van der Waals surface area contributed by atoms with Crippen LogP contribution in [0.5, 0.6) is 0 Å². The Bertz CT molecular complexity index is 699. The highest BCUT2D eigenvalue weighted by Crippen LogP contribution is 2.28. The SMILES string of the molecule is CCc1ccc(NC(=S)NC[C@@H](c2c(F)cccc2Cl)N(C)C)cc1. The minimum Gasteiger partial charge on any atom is -0.361 e. The first-order chi connectivity index (χ1) is 11.9. The second-order valence-corrected chi connectivity index (χ2v) is 6.82. The molecule has 2 aromatic carbocycles. The Morgan fingerprint density at radius 2 is 1.88 bits per heavy atom. The fourth-order valence-corrected chi connectivity index (χ4v) is 3.05. The molecule has 0 aromatic heterocycles. The number of hydrogen-bond donors (Lipinski definition) is 2. The predicted octanol–water partition coefficient (Wildman–Crippen LogP) is 4.63. The van der Waals surface area contributed by atoms with Crippen molar-refractivity contribution in [1.82, 2.24) is 10.2 Å². The van der Waals surface area contributed by atoms with Crippen LogP contribution in [0.2, 0.25) is 5.02 Å². The zero-order valence-electron chi connectivity index (χ0n) is 14.6. The molecular weight excluding hydrogens is 357 g/mol. The van der Waals surface area contributed by atoms with Crippen LogP contribution < -0.4 is 10.6 Å². The molecule has 0 bridgehead atoms. The summed E-state index contributed by atoms with van der Waals surface area (Å²) in [4.78, 5) is 1.91. The second-order valence-electron chi connectivity index (χ2n) is 6.00. The number of halogens is 2. The molecule has 2 rings (SSSR count). The first-order valence-electron chi connectivity index (χ1n) is 8.16. The van der Waals surface area contributed by atoms with Crippen molar-refractivity contribution >= 4 is 34.6 Å². The maximum absolute atomic E-state index is 14.2. The molecule has 0 amide bonds. The van der Waals surface area contributed by atoms with Gasteiger partial charge in [0, 0.05) is 22.8 Å². The van der Waals surface area contributed by atoms with E-state index < -0.39 is 0 Å². The summed E-state index contributed by atoms with van der Waals surface area (Å²) in [5, 5.41) is 7.19. The van der Waals surface area contributed by atoms with Gasteiger partial charge in [0.05, 0.1) is 6.04 Å². The lowest BCUT2D eigenvalue weighted by molar-refractivity contribution is 0.292. The normalized spacial score (nSPS) is 12.1. The molecule has 2 N–H and O–H groups in total. The van der Waals surface area contributed by atoms with Crippen molar-refractivity contribution in [3.8, 4) is 0 Å². The molecule has 0 saturated heterocycles. The fraction of sp³-hybridized carbons (Fsp3) is 0.316. The van der Waals surface area contributed by atoms with E-state index in [1.54, 1.807) is 12.1 Å². The molecule has 1 atom stereocenters. The van der Waals surface area contributed by atoms with Crippen LogP contribution >= 0.6 is 23.8 Å². The van der Waals surface area contributed by atoms with Crippen molar-refractivity contribution in [3.05, 3.63) is 64.4 Å². The third-order valence-electron chi connectivity index (χ3n) is 4.03. The maximum Gasteiger partial charge on any atom is 0.170 e. The van der Waals surface area contributed by atoms with Gasteiger partial charge in [-0.05, 0) is 62.6 Å². The fourth-order valence-electron chi connectivity index (χ4n) is 2.56. The third kappa shape index (κ3) is 5.39. The van der Waals surface area contributed by atoms with Crippen LogP contribution in [-0.2, 0) is 6.42 Å². The average Bonchev–Trinajstić information content (AvgIpc) is 2.57. The van der Waals surface area contributed by atoms with E-state index in [1.165, 1.54) is 11.6 Å². The number of benzene rings is 2. The maximum atomic E-state index is 14.2. The summed E-state index contributed by atoms with van der Waals surface area (Å²) in [5.41, 5.74) is 2.66. The molecular formula is C19H23ClFN3S. The summed E-state index contributed by atoms with van der Waals surface area (Å²) >= 11 is 11.5. The van der Waals surface area contributed by atoms with E-state index in [0.717, 1.165) is 12.1 Å². The van der Waals surface area contributed by atoms with Gasteiger partial charge in [-0.2, -0.15) is 0 Å². The Morgan fingerprint density at radius 1 is 1.20 bits per heavy atom. The summed E-state index contributed by atoms with van der Waals surface area (Å²) in [6.07, 6.45) is 0.997. The van der Waals surface area contributed by atoms with Gasteiger partial charge in [-0.1, -0.05) is 36.7 Å². The van der Waals surface area contributed by atoms with Gasteiger partial charge in [0.2, 0.25) is 0 Å². The second kappa shape index (κ2) is 9.13. The van der Waals surface area contributed by atoms with E-state index in [2.05, 4.69) is 29.7 Å². The Hall–Kier alpha value is -1.69. The molecule has 134 valence electrons. The number of rotatable bonds is 6. The molecule has 0 aliphatic heterocycles. The van der Waals surface area contributed by atoms with Crippen LogP contribution in [0.1, 0.15) is 24.1 Å². The van der Waals surface area contributed by atoms with Gasteiger partial charge in [-0.15, -0.1) is 0 Å². The van der Waals surface area contributed by atoms with Crippen LogP contribution in [0, 0.1) is 5.82 Å². The van der Waals surface area contributed by atoms with Crippen molar-refractivity contribution in [1.29, 1.82) is 0 Å². The highest BCUT2D eigenvalue weighted by Gasteiger charge is 2.21. The van der Waals surface area contributed by atoms with Crippen LogP contribution in [-0.4, -0.2) is 30.7 Å². The van der Waals surface area contributed by atoms with Crippen molar-refractivity contribution in [2.45, 2.75) is 19.4 Å². The van der Waals surface area contributed by atoms with Crippen LogP contribution in [0.4, 0.5) is 10.1 Å². The van der Waals surface area contributed by atoms with Gasteiger partial charge in [0.25, 0.3) is 0 Å². The highest BCUT2D eigenvalue weighted by atomic mass is 35.5. The molecule has 25 heavy (non-hydrogen) atoms. The average molecular weight is 380 g/mol. The third-order valence-corrected chi connectivity index (χ3v) is 4.61. The predicted molar refractivity (Wildman–Crippen MR) is 108 cm³/mol. The van der Waals surface area contributed by atoms with E-state index in [9.17, 15) is 4.39 Å². The summed E-state index contributed by atoms with van der Waals surface area (Å²) in [6.45, 7) is 2.55. The van der Waals surface area contributed by atoms with Gasteiger partial charge >= 0.3 is 0 Å². The molecule has 0 fully saturated rings. The van der Waals surface area contributed by atoms with Crippen LogP contribution in [0.3, 0.4) is 0 Å². The lowest BCUT2D eigenvalue weighted by Gasteiger charge is -2.27. The summed E-state index contributed by atoms with van der Waals surface area (Å²) in [5.74, 6) is -0.318. The molecule has 6 heteroatoms. The zero-order chi connectivity index (χ0) is 18.4. The number of anilines is 1. The van der Waals surface area contributed by atoms with E-state index >= 15 is 0 Å². The highest BCUT2D eigenvalue weighted by molar-refractivity contribution is 7.80. The number of nitrogens with zero attached hydrogens (tertiary/aromatic N) is 1. The van der Waals surface area contributed by atoms with Crippen molar-refractivity contribution in [3.63, 3.8) is 0 Å². The monoisotopic (exact) mass is 379 g/mol. The summed E-state index contributed by atoms with van der Waals surface area (Å²) < 4.78 is 14.2. The van der Waals surface area contributed by atoms with Crippen LogP contribution in [0.25, 0.3) is 0 Å². The van der Waals surface area contributed by atoms with E-state index in [1.807, 2.05) is 31.1 Å². The molecule has 0 radical (unpaired) electrons. The first kappa shape index (κ1) is 19.6. The lowest BCUT2D eigenvalue weighted by atomic mass is 10.1. The first-order valence-corrected chi connectivity index (χ1v) is 8.95. The van der Waals surface area contributed by atoms with Crippen molar-refractivity contribution in [2.24, 2.45) is 0 Å². The molecule has 2 aromatic rings. The summed E-state index contributed by atoms with van der Waals surface area (Å²) in [6, 6.07) is 12.6. The van der Waals surface area contributed by atoms with Gasteiger partial charge in [-0.25, -0.2) is 4.39 Å². The Balaban J connectivity index is 2.02. The van der Waals surface area contributed by atoms with Gasteiger partial charge < -0.3 is 15.5 Å². The zero-order valence-corrected chi connectivity index (χ0v) is 16.2. The van der Waals surface area contributed by atoms with Crippen molar-refractivity contribution in [2.75, 3.05) is 26.0 Å². The Labute approximate surface area is 159 Å². The molecule has 0 unspecified atom stereocenters. The minimum atomic E-state index is -0.318. The lowest BCUT2D eigenvalue weighted by Crippen LogP contribution is -2.37. The van der Waals surface area contributed by atoms with Gasteiger partial charge in [-0.3, -0.25) is 0 Å². The standard InChI is InChI=1S/C19H23ClFN3S/c1-4-13-8-10-14(11-9-13)23-19(25)22-12-17(24(2)3)18-15(20)6-5-7-16(18)21/h5-11,17H,4,12H2,1-3H3,(H2,22,23,25)/t17-/m0/s1. The van der Waals surface area contributed by atoms with E-state index in [0.29, 0.717) is 22.2 Å². The van der Waals surface area contributed by atoms with Crippen LogP contribution in [0.15, 0.2) is 42.5 Å². The molecule has 0 aliphatic rings. The summed E-state index contributed by atoms with van der Waals surface area (Å²) in [7, 11) is 3.77. The molecule has 0 heterocycles. The van der Waals surface area contributed by atoms with E-state index in [4.69, 9.17) is 23.8 Å². The molecule has 0 spiro atoms. The largest absolute Gasteiger partial charge is 0.361 e. The molecule has 3 nitrogen and oxygen atoms in total. The molecule has 0 saturated carbocycles. The number of likely N-dealkylation sites (N-methyl/N-ethyl adjacent to an activating group) is 1. The molecule has 0 aliphatic carbocycles. The number of hydrogen-bond acceptors (Lipinski definition) is 2. The Kier molecular flexibility index (Phi) is 7.17. The quantitative estimate of drug-likeness (QED) is 0.715. The number of thiocarbonyl (C=S) groups is 1. The number of nitrogens with one attached hydrogen (secondary N) is 2. The number of aryl methyl sites for hydroxylation is 1. The van der Waals surface area contributed by atoms with Crippen molar-refractivity contribution < 1.29 is 4.39 Å².